The Balaban J connectivity index is 1.95. The maximum atomic E-state index is 5.83. The molecule has 4 nitrogen and oxygen atoms in total. The molecule has 1 aromatic heterocycles. The predicted molar refractivity (Wildman–Crippen MR) is 57.9 cm³/mol. The van der Waals surface area contributed by atoms with Gasteiger partial charge in [0, 0.05) is 25.5 Å². The molecule has 0 bridgehead atoms. The molecular weight excluding hydrogens is 190 g/mol. The summed E-state index contributed by atoms with van der Waals surface area (Å²) in [6, 6.07) is 0. The van der Waals surface area contributed by atoms with Crippen LogP contribution in [0.25, 0.3) is 0 Å². The SMILES string of the molecule is Cc1nccnc1OC1CCN(C)CC1. The number of likely N-dealkylation sites (tertiary alicyclic amines) is 1. The van der Waals surface area contributed by atoms with Crippen LogP contribution in [0.3, 0.4) is 0 Å². The van der Waals surface area contributed by atoms with Crippen LogP contribution in [0.15, 0.2) is 12.4 Å². The average molecular weight is 207 g/mol. The monoisotopic (exact) mass is 207 g/mol. The Kier molecular flexibility index (Phi) is 3.16. The highest BCUT2D eigenvalue weighted by atomic mass is 16.5. The Morgan fingerprint density at radius 3 is 2.60 bits per heavy atom. The minimum Gasteiger partial charge on any atom is -0.473 e. The maximum Gasteiger partial charge on any atom is 0.235 e. The molecule has 1 aliphatic heterocycles. The normalized spacial score (nSPS) is 19.1. The lowest BCUT2D eigenvalue weighted by molar-refractivity contribution is 0.109. The number of hydrogen-bond acceptors (Lipinski definition) is 4. The fraction of sp³-hybridized carbons (Fsp3) is 0.636. The zero-order valence-electron chi connectivity index (χ0n) is 9.31. The van der Waals surface area contributed by atoms with Crippen LogP contribution in [0.4, 0.5) is 0 Å². The molecule has 2 rings (SSSR count). The van der Waals surface area contributed by atoms with Crippen LogP contribution in [0.1, 0.15) is 18.5 Å². The third-order valence-corrected chi connectivity index (χ3v) is 2.78. The van der Waals surface area contributed by atoms with E-state index in [0.717, 1.165) is 31.6 Å². The van der Waals surface area contributed by atoms with Crippen molar-refractivity contribution in [3.05, 3.63) is 18.1 Å². The second-order valence-corrected chi connectivity index (χ2v) is 4.07. The van der Waals surface area contributed by atoms with Crippen LogP contribution in [0.2, 0.25) is 0 Å². The van der Waals surface area contributed by atoms with E-state index < -0.39 is 0 Å². The molecule has 0 amide bonds. The highest BCUT2D eigenvalue weighted by Crippen LogP contribution is 2.17. The smallest absolute Gasteiger partial charge is 0.235 e. The van der Waals surface area contributed by atoms with E-state index in [1.54, 1.807) is 12.4 Å². The Morgan fingerprint density at radius 1 is 1.27 bits per heavy atom. The predicted octanol–water partition coefficient (Wildman–Crippen LogP) is 1.26. The van der Waals surface area contributed by atoms with Crippen LogP contribution in [0.5, 0.6) is 5.88 Å². The van der Waals surface area contributed by atoms with Crippen molar-refractivity contribution in [2.75, 3.05) is 20.1 Å². The zero-order chi connectivity index (χ0) is 10.7. The van der Waals surface area contributed by atoms with Gasteiger partial charge in [-0.15, -0.1) is 0 Å². The van der Waals surface area contributed by atoms with Gasteiger partial charge in [0.15, 0.2) is 0 Å². The molecule has 2 heterocycles. The molecule has 0 spiro atoms. The zero-order valence-corrected chi connectivity index (χ0v) is 9.31. The van der Waals surface area contributed by atoms with Crippen molar-refractivity contribution >= 4 is 0 Å². The van der Waals surface area contributed by atoms with Gasteiger partial charge in [-0.25, -0.2) is 4.98 Å². The molecule has 0 radical (unpaired) electrons. The van der Waals surface area contributed by atoms with E-state index in [1.165, 1.54) is 0 Å². The van der Waals surface area contributed by atoms with E-state index in [9.17, 15) is 0 Å². The number of hydrogen-bond donors (Lipinski definition) is 0. The fourth-order valence-corrected chi connectivity index (χ4v) is 1.77. The molecule has 1 saturated heterocycles. The minimum atomic E-state index is 0.302. The first kappa shape index (κ1) is 10.4. The van der Waals surface area contributed by atoms with Crippen LogP contribution in [-0.2, 0) is 0 Å². The quantitative estimate of drug-likeness (QED) is 0.731. The topological polar surface area (TPSA) is 38.3 Å². The van der Waals surface area contributed by atoms with Gasteiger partial charge in [-0.2, -0.15) is 0 Å². The van der Waals surface area contributed by atoms with Crippen molar-refractivity contribution in [3.63, 3.8) is 0 Å². The summed E-state index contributed by atoms with van der Waals surface area (Å²) in [6.07, 6.45) is 5.82. The lowest BCUT2D eigenvalue weighted by atomic mass is 10.1. The number of piperidine rings is 1. The van der Waals surface area contributed by atoms with E-state index in [2.05, 4.69) is 21.9 Å². The summed E-state index contributed by atoms with van der Waals surface area (Å²) >= 11 is 0. The van der Waals surface area contributed by atoms with E-state index in [0.29, 0.717) is 12.0 Å². The molecule has 15 heavy (non-hydrogen) atoms. The summed E-state index contributed by atoms with van der Waals surface area (Å²) in [6.45, 7) is 4.13. The summed E-state index contributed by atoms with van der Waals surface area (Å²) in [4.78, 5) is 10.7. The molecule has 0 aromatic carbocycles. The second kappa shape index (κ2) is 4.57. The highest BCUT2D eigenvalue weighted by Gasteiger charge is 2.19. The van der Waals surface area contributed by atoms with E-state index in [4.69, 9.17) is 4.74 Å². The summed E-state index contributed by atoms with van der Waals surface area (Å²) in [5.74, 6) is 0.687. The van der Waals surface area contributed by atoms with Gasteiger partial charge in [-0.05, 0) is 26.8 Å². The summed E-state index contributed by atoms with van der Waals surface area (Å²) in [7, 11) is 2.14. The molecular formula is C11H17N3O. The van der Waals surface area contributed by atoms with E-state index in [1.807, 2.05) is 6.92 Å². The van der Waals surface area contributed by atoms with Gasteiger partial charge in [0.25, 0.3) is 0 Å². The van der Waals surface area contributed by atoms with Gasteiger partial charge in [0.1, 0.15) is 6.10 Å². The second-order valence-electron chi connectivity index (χ2n) is 4.07. The van der Waals surface area contributed by atoms with Crippen molar-refractivity contribution in [1.82, 2.24) is 14.9 Å². The third-order valence-electron chi connectivity index (χ3n) is 2.78. The van der Waals surface area contributed by atoms with Crippen LogP contribution < -0.4 is 4.74 Å². The van der Waals surface area contributed by atoms with Crippen LogP contribution in [0, 0.1) is 6.92 Å². The Morgan fingerprint density at radius 2 is 1.93 bits per heavy atom. The molecule has 1 aliphatic rings. The number of nitrogens with zero attached hydrogens (tertiary/aromatic N) is 3. The number of aryl methyl sites for hydroxylation is 1. The van der Waals surface area contributed by atoms with Crippen molar-refractivity contribution in [3.8, 4) is 5.88 Å². The van der Waals surface area contributed by atoms with Crippen LogP contribution in [-0.4, -0.2) is 41.1 Å². The van der Waals surface area contributed by atoms with Crippen molar-refractivity contribution in [2.24, 2.45) is 0 Å². The third kappa shape index (κ3) is 2.65. The lowest BCUT2D eigenvalue weighted by Crippen LogP contribution is -2.35. The van der Waals surface area contributed by atoms with Gasteiger partial charge in [-0.3, -0.25) is 4.98 Å². The first-order valence-corrected chi connectivity index (χ1v) is 5.38. The molecule has 0 saturated carbocycles. The molecule has 1 fully saturated rings. The molecule has 82 valence electrons. The van der Waals surface area contributed by atoms with E-state index in [-0.39, 0.29) is 0 Å². The molecule has 1 aromatic rings. The maximum absolute atomic E-state index is 5.83. The van der Waals surface area contributed by atoms with Gasteiger partial charge in [-0.1, -0.05) is 0 Å². The van der Waals surface area contributed by atoms with Gasteiger partial charge >= 0.3 is 0 Å². The highest BCUT2D eigenvalue weighted by molar-refractivity contribution is 5.15. The van der Waals surface area contributed by atoms with Crippen molar-refractivity contribution < 1.29 is 4.74 Å². The Hall–Kier alpha value is -1.16. The lowest BCUT2D eigenvalue weighted by Gasteiger charge is -2.29. The largest absolute Gasteiger partial charge is 0.473 e. The molecule has 0 atom stereocenters. The molecule has 0 aliphatic carbocycles. The van der Waals surface area contributed by atoms with Crippen LogP contribution >= 0.6 is 0 Å². The van der Waals surface area contributed by atoms with E-state index >= 15 is 0 Å². The summed E-state index contributed by atoms with van der Waals surface area (Å²) < 4.78 is 5.83. The molecule has 0 N–H and O–H groups in total. The summed E-state index contributed by atoms with van der Waals surface area (Å²) in [5, 5.41) is 0. The van der Waals surface area contributed by atoms with Crippen molar-refractivity contribution in [2.45, 2.75) is 25.9 Å². The number of rotatable bonds is 2. The van der Waals surface area contributed by atoms with Gasteiger partial charge in [0.2, 0.25) is 5.88 Å². The standard InChI is InChI=1S/C11H17N3O/c1-9-11(13-6-5-12-9)15-10-3-7-14(2)8-4-10/h5-6,10H,3-4,7-8H2,1-2H3. The van der Waals surface area contributed by atoms with Gasteiger partial charge < -0.3 is 9.64 Å². The Labute approximate surface area is 90.3 Å². The van der Waals surface area contributed by atoms with Crippen molar-refractivity contribution in [1.29, 1.82) is 0 Å². The number of ether oxygens (including phenoxy) is 1. The first-order chi connectivity index (χ1) is 7.25. The first-order valence-electron chi connectivity index (χ1n) is 5.38. The Bertz CT molecular complexity index is 321. The molecule has 4 heteroatoms. The average Bonchev–Trinajstić information content (AvgIpc) is 2.25. The molecule has 0 unspecified atom stereocenters. The van der Waals surface area contributed by atoms with Gasteiger partial charge in [0.05, 0.1) is 5.69 Å². The fourth-order valence-electron chi connectivity index (χ4n) is 1.77. The minimum absolute atomic E-state index is 0.302. The summed E-state index contributed by atoms with van der Waals surface area (Å²) in [5.41, 5.74) is 0.872. The number of aromatic nitrogens is 2.